The number of unbranched alkanes of at least 4 members (excludes halogenated alkanes) is 2. The zero-order valence-electron chi connectivity index (χ0n) is 9.00. The zero-order valence-corrected chi connectivity index (χ0v) is 9.00. The number of aliphatic hydroxyl groups is 1. The van der Waals surface area contributed by atoms with Gasteiger partial charge in [0.05, 0.1) is 0 Å². The molecule has 2 unspecified atom stereocenters. The highest BCUT2D eigenvalue weighted by molar-refractivity contribution is 4.79. The van der Waals surface area contributed by atoms with E-state index >= 15 is 0 Å². The minimum absolute atomic E-state index is 0.353. The third-order valence-corrected chi connectivity index (χ3v) is 3.02. The molecule has 1 saturated heterocycles. The van der Waals surface area contributed by atoms with Gasteiger partial charge in [0.1, 0.15) is 0 Å². The van der Waals surface area contributed by atoms with Crippen molar-refractivity contribution >= 4 is 0 Å². The van der Waals surface area contributed by atoms with E-state index in [1.165, 1.54) is 32.4 Å². The maximum atomic E-state index is 8.64. The van der Waals surface area contributed by atoms with Crippen molar-refractivity contribution in [2.75, 3.05) is 19.7 Å². The molecule has 1 rings (SSSR count). The van der Waals surface area contributed by atoms with Gasteiger partial charge in [0.2, 0.25) is 0 Å². The molecule has 2 nitrogen and oxygen atoms in total. The standard InChI is InChI=1S/C11H23NO/c1-10-8-11(2)12(9-10)6-4-3-5-7-13/h10-11,13H,3-9H2,1-2H3. The third-order valence-electron chi connectivity index (χ3n) is 3.02. The van der Waals surface area contributed by atoms with Crippen LogP contribution in [0, 0.1) is 5.92 Å². The molecule has 78 valence electrons. The fraction of sp³-hybridized carbons (Fsp3) is 1.00. The van der Waals surface area contributed by atoms with E-state index in [1.807, 2.05) is 0 Å². The van der Waals surface area contributed by atoms with Gasteiger partial charge >= 0.3 is 0 Å². The first-order valence-electron chi connectivity index (χ1n) is 5.59. The van der Waals surface area contributed by atoms with Crippen LogP contribution in [0.3, 0.4) is 0 Å². The smallest absolute Gasteiger partial charge is 0.0431 e. The van der Waals surface area contributed by atoms with E-state index in [-0.39, 0.29) is 0 Å². The summed E-state index contributed by atoms with van der Waals surface area (Å²) < 4.78 is 0. The quantitative estimate of drug-likeness (QED) is 0.661. The van der Waals surface area contributed by atoms with Crippen LogP contribution in [0.15, 0.2) is 0 Å². The van der Waals surface area contributed by atoms with Gasteiger partial charge in [-0.25, -0.2) is 0 Å². The van der Waals surface area contributed by atoms with Gasteiger partial charge in [-0.1, -0.05) is 6.92 Å². The van der Waals surface area contributed by atoms with Gasteiger partial charge in [-0.2, -0.15) is 0 Å². The van der Waals surface area contributed by atoms with Crippen molar-refractivity contribution in [2.24, 2.45) is 5.92 Å². The maximum absolute atomic E-state index is 8.64. The first kappa shape index (κ1) is 11.0. The Morgan fingerprint density at radius 1 is 1.23 bits per heavy atom. The normalized spacial score (nSPS) is 29.8. The number of hydrogen-bond donors (Lipinski definition) is 1. The fourth-order valence-electron chi connectivity index (χ4n) is 2.30. The molecule has 0 saturated carbocycles. The number of aliphatic hydroxyl groups excluding tert-OH is 1. The van der Waals surface area contributed by atoms with Crippen molar-refractivity contribution in [2.45, 2.75) is 45.6 Å². The topological polar surface area (TPSA) is 23.5 Å². The minimum atomic E-state index is 0.353. The van der Waals surface area contributed by atoms with Crippen LogP contribution in [0.2, 0.25) is 0 Å². The lowest BCUT2D eigenvalue weighted by molar-refractivity contribution is 0.246. The van der Waals surface area contributed by atoms with E-state index in [0.29, 0.717) is 6.61 Å². The number of likely N-dealkylation sites (tertiary alicyclic amines) is 1. The van der Waals surface area contributed by atoms with E-state index in [1.54, 1.807) is 0 Å². The molecule has 1 fully saturated rings. The predicted octanol–water partition coefficient (Wildman–Crippen LogP) is 1.88. The summed E-state index contributed by atoms with van der Waals surface area (Å²) in [5, 5.41) is 8.64. The molecule has 2 heteroatoms. The van der Waals surface area contributed by atoms with Crippen LogP contribution in [-0.2, 0) is 0 Å². The molecule has 1 aliphatic rings. The summed E-state index contributed by atoms with van der Waals surface area (Å²) in [5.41, 5.74) is 0. The van der Waals surface area contributed by atoms with Crippen LogP contribution in [0.5, 0.6) is 0 Å². The van der Waals surface area contributed by atoms with Crippen LogP contribution in [-0.4, -0.2) is 35.7 Å². The number of hydrogen-bond acceptors (Lipinski definition) is 2. The molecule has 0 spiro atoms. The monoisotopic (exact) mass is 185 g/mol. The highest BCUT2D eigenvalue weighted by Crippen LogP contribution is 2.22. The second kappa shape index (κ2) is 5.61. The molecule has 2 atom stereocenters. The lowest BCUT2D eigenvalue weighted by Crippen LogP contribution is -2.28. The van der Waals surface area contributed by atoms with Gasteiger partial charge in [0.15, 0.2) is 0 Å². The van der Waals surface area contributed by atoms with Crippen LogP contribution in [0.4, 0.5) is 0 Å². The predicted molar refractivity (Wildman–Crippen MR) is 55.8 cm³/mol. The van der Waals surface area contributed by atoms with Crippen molar-refractivity contribution in [1.29, 1.82) is 0 Å². The Kier molecular flexibility index (Phi) is 4.74. The van der Waals surface area contributed by atoms with Crippen molar-refractivity contribution in [1.82, 2.24) is 4.90 Å². The number of rotatable bonds is 5. The lowest BCUT2D eigenvalue weighted by atomic mass is 10.1. The Balaban J connectivity index is 2.07. The molecule has 0 bridgehead atoms. The van der Waals surface area contributed by atoms with Gasteiger partial charge in [-0.15, -0.1) is 0 Å². The molecule has 13 heavy (non-hydrogen) atoms. The molecule has 0 aromatic carbocycles. The summed E-state index contributed by atoms with van der Waals surface area (Å²) in [6.07, 6.45) is 4.75. The van der Waals surface area contributed by atoms with E-state index in [0.717, 1.165) is 18.4 Å². The van der Waals surface area contributed by atoms with E-state index in [2.05, 4.69) is 18.7 Å². The SMILES string of the molecule is CC1CC(C)N(CCCCCO)C1. The van der Waals surface area contributed by atoms with Crippen LogP contribution >= 0.6 is 0 Å². The second-order valence-corrected chi connectivity index (χ2v) is 4.47. The van der Waals surface area contributed by atoms with Crippen LogP contribution in [0.1, 0.15) is 39.5 Å². The molecular weight excluding hydrogens is 162 g/mol. The Morgan fingerprint density at radius 3 is 2.54 bits per heavy atom. The summed E-state index contributed by atoms with van der Waals surface area (Å²) in [7, 11) is 0. The van der Waals surface area contributed by atoms with Crippen molar-refractivity contribution in [3.05, 3.63) is 0 Å². The van der Waals surface area contributed by atoms with Gasteiger partial charge in [-0.3, -0.25) is 0 Å². The van der Waals surface area contributed by atoms with Gasteiger partial charge in [0, 0.05) is 19.2 Å². The summed E-state index contributed by atoms with van der Waals surface area (Å²) >= 11 is 0. The Labute approximate surface area is 81.9 Å². The van der Waals surface area contributed by atoms with Crippen molar-refractivity contribution in [3.8, 4) is 0 Å². The molecule has 0 aliphatic carbocycles. The zero-order chi connectivity index (χ0) is 9.68. The summed E-state index contributed by atoms with van der Waals surface area (Å²) in [6.45, 7) is 7.53. The lowest BCUT2D eigenvalue weighted by Gasteiger charge is -2.20. The summed E-state index contributed by atoms with van der Waals surface area (Å²) in [5.74, 6) is 0.882. The average Bonchev–Trinajstić information content (AvgIpc) is 2.39. The molecule has 1 aliphatic heterocycles. The van der Waals surface area contributed by atoms with Crippen molar-refractivity contribution in [3.63, 3.8) is 0 Å². The fourth-order valence-corrected chi connectivity index (χ4v) is 2.30. The summed E-state index contributed by atoms with van der Waals surface area (Å²) in [4.78, 5) is 2.59. The molecule has 0 aromatic heterocycles. The molecule has 1 N–H and O–H groups in total. The summed E-state index contributed by atoms with van der Waals surface area (Å²) in [6, 6.07) is 0.782. The van der Waals surface area contributed by atoms with E-state index in [9.17, 15) is 0 Å². The Hall–Kier alpha value is -0.0800. The highest BCUT2D eigenvalue weighted by Gasteiger charge is 2.24. The van der Waals surface area contributed by atoms with Crippen molar-refractivity contribution < 1.29 is 5.11 Å². The first-order valence-corrected chi connectivity index (χ1v) is 5.59. The van der Waals surface area contributed by atoms with Crippen LogP contribution in [0.25, 0.3) is 0 Å². The molecule has 0 aromatic rings. The largest absolute Gasteiger partial charge is 0.396 e. The minimum Gasteiger partial charge on any atom is -0.396 e. The molecule has 0 amide bonds. The molecule has 0 radical (unpaired) electrons. The Morgan fingerprint density at radius 2 is 2.00 bits per heavy atom. The molecule has 1 heterocycles. The highest BCUT2D eigenvalue weighted by atomic mass is 16.2. The number of nitrogens with zero attached hydrogens (tertiary/aromatic N) is 1. The van der Waals surface area contributed by atoms with E-state index in [4.69, 9.17) is 5.11 Å². The molecular formula is C11H23NO. The van der Waals surface area contributed by atoms with Gasteiger partial charge < -0.3 is 10.0 Å². The van der Waals surface area contributed by atoms with E-state index < -0.39 is 0 Å². The van der Waals surface area contributed by atoms with Gasteiger partial charge in [0.25, 0.3) is 0 Å². The third kappa shape index (κ3) is 3.65. The Bertz CT molecular complexity index is 138. The first-order chi connectivity index (χ1) is 6.24. The van der Waals surface area contributed by atoms with Gasteiger partial charge in [-0.05, 0) is 45.1 Å². The average molecular weight is 185 g/mol. The van der Waals surface area contributed by atoms with Crippen LogP contribution < -0.4 is 0 Å². The second-order valence-electron chi connectivity index (χ2n) is 4.47. The maximum Gasteiger partial charge on any atom is 0.0431 e.